The molecule has 1 N–H and O–H groups in total. The third kappa shape index (κ3) is 2.36. The maximum Gasteiger partial charge on any atom is 0.147 e. The summed E-state index contributed by atoms with van der Waals surface area (Å²) in [6, 6.07) is 5.28. The lowest BCUT2D eigenvalue weighted by molar-refractivity contribution is 0.601. The van der Waals surface area contributed by atoms with Crippen molar-refractivity contribution >= 4 is 0 Å². The molecule has 1 aliphatic carbocycles. The van der Waals surface area contributed by atoms with Gasteiger partial charge in [-0.1, -0.05) is 19.1 Å². The van der Waals surface area contributed by atoms with E-state index in [1.807, 2.05) is 10.6 Å². The Kier molecular flexibility index (Phi) is 3.83. The summed E-state index contributed by atoms with van der Waals surface area (Å²) in [5, 5.41) is 3.27. The molecule has 2 aromatic rings. The highest BCUT2D eigenvalue weighted by Crippen LogP contribution is 2.26. The largest absolute Gasteiger partial charge is 0.313 e. The predicted molar refractivity (Wildman–Crippen MR) is 77.5 cm³/mol. The van der Waals surface area contributed by atoms with Gasteiger partial charge in [0.2, 0.25) is 0 Å². The second kappa shape index (κ2) is 5.75. The van der Waals surface area contributed by atoms with Gasteiger partial charge in [0.05, 0.1) is 17.7 Å². The third-order valence-electron chi connectivity index (χ3n) is 3.91. The molecule has 0 saturated heterocycles. The number of hydrogen-bond donors (Lipinski definition) is 1. The normalized spacial score (nSPS) is 14.3. The molecular weight excluding hydrogens is 253 g/mol. The monoisotopic (exact) mass is 273 g/mol. The number of hydrogen-bond acceptors (Lipinski definition) is 2. The summed E-state index contributed by atoms with van der Waals surface area (Å²) < 4.78 is 16.3. The predicted octanol–water partition coefficient (Wildman–Crippen LogP) is 3.00. The topological polar surface area (TPSA) is 29.9 Å². The number of fused-ring (bicyclic) bond motifs is 1. The van der Waals surface area contributed by atoms with E-state index in [1.165, 1.54) is 18.2 Å². The Bertz CT molecular complexity index is 604. The van der Waals surface area contributed by atoms with E-state index >= 15 is 0 Å². The summed E-state index contributed by atoms with van der Waals surface area (Å²) in [5.74, 6) is -0.175. The van der Waals surface area contributed by atoms with Crippen molar-refractivity contribution in [3.63, 3.8) is 0 Å². The Hall–Kier alpha value is -1.68. The number of imidazole rings is 1. The quantitative estimate of drug-likeness (QED) is 0.928. The molecule has 0 bridgehead atoms. The Morgan fingerprint density at radius 3 is 3.00 bits per heavy atom. The first-order valence-corrected chi connectivity index (χ1v) is 7.35. The molecular formula is C16H20FN3. The Morgan fingerprint density at radius 1 is 1.30 bits per heavy atom. The first-order chi connectivity index (χ1) is 9.81. The van der Waals surface area contributed by atoms with E-state index in [-0.39, 0.29) is 5.82 Å². The molecule has 0 fully saturated rings. The molecule has 106 valence electrons. The minimum Gasteiger partial charge on any atom is -0.313 e. The summed E-state index contributed by atoms with van der Waals surface area (Å²) >= 11 is 0. The first-order valence-electron chi connectivity index (χ1n) is 7.35. The van der Waals surface area contributed by atoms with E-state index in [0.29, 0.717) is 12.2 Å². The molecule has 4 heteroatoms. The van der Waals surface area contributed by atoms with Crippen LogP contribution in [0.5, 0.6) is 0 Å². The van der Waals surface area contributed by atoms with Crippen LogP contribution < -0.4 is 5.32 Å². The van der Waals surface area contributed by atoms with Gasteiger partial charge in [0.1, 0.15) is 5.82 Å². The maximum absolute atomic E-state index is 14.3. The fourth-order valence-electron chi connectivity index (χ4n) is 2.89. The zero-order valence-electron chi connectivity index (χ0n) is 11.8. The summed E-state index contributed by atoms with van der Waals surface area (Å²) in [6.07, 6.45) is 6.13. The van der Waals surface area contributed by atoms with Crippen molar-refractivity contribution in [2.45, 2.75) is 39.2 Å². The lowest BCUT2D eigenvalue weighted by Gasteiger charge is -2.17. The highest BCUT2D eigenvalue weighted by Gasteiger charge is 2.19. The van der Waals surface area contributed by atoms with Crippen LogP contribution in [0.2, 0.25) is 0 Å². The summed E-state index contributed by atoms with van der Waals surface area (Å²) in [5.41, 5.74) is 3.95. The van der Waals surface area contributed by atoms with E-state index in [4.69, 9.17) is 0 Å². The van der Waals surface area contributed by atoms with Crippen LogP contribution in [0, 0.1) is 5.82 Å². The Labute approximate surface area is 118 Å². The molecule has 0 unspecified atom stereocenters. The van der Waals surface area contributed by atoms with Gasteiger partial charge in [-0.2, -0.15) is 0 Å². The number of nitrogens with zero attached hydrogens (tertiary/aromatic N) is 2. The zero-order chi connectivity index (χ0) is 13.9. The van der Waals surface area contributed by atoms with Crippen molar-refractivity contribution in [1.82, 2.24) is 14.9 Å². The van der Waals surface area contributed by atoms with Gasteiger partial charge in [-0.25, -0.2) is 9.37 Å². The number of nitrogens with one attached hydrogen (secondary N) is 1. The van der Waals surface area contributed by atoms with Gasteiger partial charge in [-0.15, -0.1) is 0 Å². The van der Waals surface area contributed by atoms with Crippen LogP contribution in [0.15, 0.2) is 24.5 Å². The lowest BCUT2D eigenvalue weighted by atomic mass is 10.0. The van der Waals surface area contributed by atoms with Crippen molar-refractivity contribution in [1.29, 1.82) is 0 Å². The van der Waals surface area contributed by atoms with Crippen LogP contribution in [0.1, 0.15) is 36.7 Å². The number of rotatable bonds is 4. The van der Waals surface area contributed by atoms with Gasteiger partial charge in [0.15, 0.2) is 0 Å². The van der Waals surface area contributed by atoms with Gasteiger partial charge >= 0.3 is 0 Å². The van der Waals surface area contributed by atoms with Crippen molar-refractivity contribution in [3.05, 3.63) is 47.3 Å². The fourth-order valence-corrected chi connectivity index (χ4v) is 2.89. The summed E-state index contributed by atoms with van der Waals surface area (Å²) in [4.78, 5) is 4.47. The highest BCUT2D eigenvalue weighted by molar-refractivity contribution is 5.45. The van der Waals surface area contributed by atoms with Crippen LogP contribution in [0.3, 0.4) is 0 Å². The SMILES string of the molecule is CCNCc1cccc(F)c1-n1cnc2c1CCCC2. The van der Waals surface area contributed by atoms with Crippen LogP contribution in [-0.4, -0.2) is 16.1 Å². The third-order valence-corrected chi connectivity index (χ3v) is 3.91. The van der Waals surface area contributed by atoms with Crippen LogP contribution in [0.25, 0.3) is 5.69 Å². The van der Waals surface area contributed by atoms with Crippen LogP contribution >= 0.6 is 0 Å². The van der Waals surface area contributed by atoms with Crippen LogP contribution in [0.4, 0.5) is 4.39 Å². The van der Waals surface area contributed by atoms with E-state index in [0.717, 1.165) is 37.1 Å². The first kappa shape index (κ1) is 13.3. The zero-order valence-corrected chi connectivity index (χ0v) is 11.8. The minimum absolute atomic E-state index is 0.175. The average Bonchev–Trinajstić information content (AvgIpc) is 2.89. The molecule has 0 aliphatic heterocycles. The van der Waals surface area contributed by atoms with Gasteiger partial charge in [-0.3, -0.25) is 4.57 Å². The summed E-state index contributed by atoms with van der Waals surface area (Å²) in [7, 11) is 0. The number of aryl methyl sites for hydroxylation is 1. The molecule has 3 nitrogen and oxygen atoms in total. The van der Waals surface area contributed by atoms with E-state index in [1.54, 1.807) is 12.4 Å². The van der Waals surface area contributed by atoms with Gasteiger partial charge in [0, 0.05) is 12.2 Å². The van der Waals surface area contributed by atoms with Gasteiger partial charge < -0.3 is 5.32 Å². The number of aromatic nitrogens is 2. The number of benzene rings is 1. The maximum atomic E-state index is 14.3. The number of halogens is 1. The molecule has 0 saturated carbocycles. The number of para-hydroxylation sites is 1. The van der Waals surface area contributed by atoms with Crippen LogP contribution in [-0.2, 0) is 19.4 Å². The van der Waals surface area contributed by atoms with Gasteiger partial charge in [0.25, 0.3) is 0 Å². The van der Waals surface area contributed by atoms with Crippen molar-refractivity contribution in [3.8, 4) is 5.69 Å². The molecule has 20 heavy (non-hydrogen) atoms. The molecule has 1 heterocycles. The highest BCUT2D eigenvalue weighted by atomic mass is 19.1. The smallest absolute Gasteiger partial charge is 0.147 e. The Balaban J connectivity index is 2.07. The molecule has 1 aliphatic rings. The minimum atomic E-state index is -0.175. The molecule has 0 atom stereocenters. The molecule has 1 aromatic heterocycles. The van der Waals surface area contributed by atoms with Crippen molar-refractivity contribution < 1.29 is 4.39 Å². The molecule has 0 spiro atoms. The molecule has 0 radical (unpaired) electrons. The molecule has 3 rings (SSSR count). The van der Waals surface area contributed by atoms with E-state index < -0.39 is 0 Å². The van der Waals surface area contributed by atoms with E-state index in [9.17, 15) is 4.39 Å². The van der Waals surface area contributed by atoms with Crippen molar-refractivity contribution in [2.24, 2.45) is 0 Å². The Morgan fingerprint density at radius 2 is 2.15 bits per heavy atom. The fraction of sp³-hybridized carbons (Fsp3) is 0.438. The second-order valence-corrected chi connectivity index (χ2v) is 5.24. The average molecular weight is 273 g/mol. The molecule has 1 aromatic carbocycles. The standard InChI is InChI=1S/C16H20FN3/c1-2-18-10-12-6-5-7-13(17)16(12)20-11-19-14-8-3-4-9-15(14)20/h5-7,11,18H,2-4,8-10H2,1H3. The molecule has 0 amide bonds. The second-order valence-electron chi connectivity index (χ2n) is 5.24. The summed E-state index contributed by atoms with van der Waals surface area (Å²) in [6.45, 7) is 3.60. The van der Waals surface area contributed by atoms with Gasteiger partial charge in [-0.05, 0) is 43.9 Å². The van der Waals surface area contributed by atoms with Crippen molar-refractivity contribution in [2.75, 3.05) is 6.54 Å². The van der Waals surface area contributed by atoms with E-state index in [2.05, 4.69) is 17.2 Å². The lowest BCUT2D eigenvalue weighted by Crippen LogP contribution is -2.16.